The van der Waals surface area contributed by atoms with E-state index in [9.17, 15) is 0 Å². The van der Waals surface area contributed by atoms with Crippen LogP contribution in [0.25, 0.3) is 0 Å². The van der Waals surface area contributed by atoms with Crippen molar-refractivity contribution < 1.29 is 9.15 Å². The van der Waals surface area contributed by atoms with Gasteiger partial charge in [0.1, 0.15) is 12.0 Å². The molecule has 1 saturated heterocycles. The van der Waals surface area contributed by atoms with E-state index >= 15 is 0 Å². The Morgan fingerprint density at radius 1 is 1.69 bits per heavy atom. The average Bonchev–Trinajstić information content (AvgIpc) is 2.42. The molecule has 2 rings (SSSR count). The predicted molar refractivity (Wildman–Crippen MR) is 47.3 cm³/mol. The molecule has 0 aromatic carbocycles. The molecule has 0 atom stereocenters. The van der Waals surface area contributed by atoms with Gasteiger partial charge in [-0.15, -0.1) is 0 Å². The zero-order chi connectivity index (χ0) is 9.10. The third-order valence-corrected chi connectivity index (χ3v) is 2.14. The maximum Gasteiger partial charge on any atom is 0.191 e. The number of oxazole rings is 1. The third-order valence-electron chi connectivity index (χ3n) is 2.14. The molecule has 72 valence electrons. The van der Waals surface area contributed by atoms with Gasteiger partial charge in [0.2, 0.25) is 0 Å². The van der Waals surface area contributed by atoms with Gasteiger partial charge >= 0.3 is 0 Å². The zero-order valence-electron chi connectivity index (χ0n) is 7.75. The number of ether oxygens (including phenoxy) is 1. The number of hydrogen-bond acceptors (Lipinski definition) is 4. The smallest absolute Gasteiger partial charge is 0.191 e. The summed E-state index contributed by atoms with van der Waals surface area (Å²) in [5, 5.41) is 3.20. The van der Waals surface area contributed by atoms with E-state index in [4.69, 9.17) is 9.15 Å². The summed E-state index contributed by atoms with van der Waals surface area (Å²) in [6.45, 7) is 5.38. The van der Waals surface area contributed by atoms with Crippen molar-refractivity contribution in [2.75, 3.05) is 19.7 Å². The third kappa shape index (κ3) is 2.29. The largest absolute Gasteiger partial charge is 0.449 e. The molecule has 0 amide bonds. The molecule has 2 heterocycles. The molecule has 0 unspecified atom stereocenters. The number of hydrogen-bond donors (Lipinski definition) is 1. The Balaban J connectivity index is 1.67. The van der Waals surface area contributed by atoms with Crippen molar-refractivity contribution in [1.29, 1.82) is 0 Å². The standard InChI is InChI=1S/C9H14N2O2/c1-7-11-9(6-13-7)5-12-4-8-2-10-3-8/h6,8,10H,2-5H2,1H3. The van der Waals surface area contributed by atoms with Gasteiger partial charge in [0.25, 0.3) is 0 Å². The van der Waals surface area contributed by atoms with Gasteiger partial charge in [-0.05, 0) is 0 Å². The highest BCUT2D eigenvalue weighted by Gasteiger charge is 2.16. The number of aryl methyl sites for hydroxylation is 1. The Morgan fingerprint density at radius 2 is 2.54 bits per heavy atom. The second-order valence-electron chi connectivity index (χ2n) is 3.40. The number of aromatic nitrogens is 1. The molecule has 1 aliphatic rings. The summed E-state index contributed by atoms with van der Waals surface area (Å²) < 4.78 is 10.5. The van der Waals surface area contributed by atoms with Gasteiger partial charge in [0.05, 0.1) is 13.2 Å². The molecular formula is C9H14N2O2. The summed E-state index contributed by atoms with van der Waals surface area (Å²) >= 11 is 0. The monoisotopic (exact) mass is 182 g/mol. The van der Waals surface area contributed by atoms with Crippen LogP contribution in [0.15, 0.2) is 10.7 Å². The van der Waals surface area contributed by atoms with E-state index < -0.39 is 0 Å². The Kier molecular flexibility index (Phi) is 2.61. The average molecular weight is 182 g/mol. The van der Waals surface area contributed by atoms with E-state index in [2.05, 4.69) is 10.3 Å². The molecule has 1 aromatic rings. The quantitative estimate of drug-likeness (QED) is 0.745. The van der Waals surface area contributed by atoms with E-state index in [-0.39, 0.29) is 0 Å². The maximum absolute atomic E-state index is 5.47. The summed E-state index contributed by atoms with van der Waals surface area (Å²) in [6, 6.07) is 0. The summed E-state index contributed by atoms with van der Waals surface area (Å²) in [6.07, 6.45) is 1.65. The Labute approximate surface area is 77.3 Å². The first-order chi connectivity index (χ1) is 6.34. The van der Waals surface area contributed by atoms with Gasteiger partial charge in [-0.2, -0.15) is 0 Å². The van der Waals surface area contributed by atoms with Crippen LogP contribution >= 0.6 is 0 Å². The molecule has 1 aromatic heterocycles. The molecule has 0 radical (unpaired) electrons. The van der Waals surface area contributed by atoms with Gasteiger partial charge < -0.3 is 14.5 Å². The van der Waals surface area contributed by atoms with Crippen LogP contribution in [0.1, 0.15) is 11.6 Å². The second-order valence-corrected chi connectivity index (χ2v) is 3.40. The molecular weight excluding hydrogens is 168 g/mol. The van der Waals surface area contributed by atoms with Crippen molar-refractivity contribution in [2.45, 2.75) is 13.5 Å². The first-order valence-electron chi connectivity index (χ1n) is 4.54. The van der Waals surface area contributed by atoms with Gasteiger partial charge in [-0.25, -0.2) is 4.98 Å². The minimum atomic E-state index is 0.563. The Morgan fingerprint density at radius 3 is 3.08 bits per heavy atom. The number of nitrogens with zero attached hydrogens (tertiary/aromatic N) is 1. The predicted octanol–water partition coefficient (Wildman–Crippen LogP) is 0.719. The molecule has 0 bridgehead atoms. The summed E-state index contributed by atoms with van der Waals surface area (Å²) in [5.74, 6) is 1.39. The van der Waals surface area contributed by atoms with Gasteiger partial charge in [-0.1, -0.05) is 0 Å². The molecule has 0 saturated carbocycles. The molecule has 0 spiro atoms. The SMILES string of the molecule is Cc1nc(COCC2CNC2)co1. The number of nitrogens with one attached hydrogen (secondary N) is 1. The minimum absolute atomic E-state index is 0.563. The molecule has 4 nitrogen and oxygen atoms in total. The lowest BCUT2D eigenvalue weighted by atomic mass is 10.1. The summed E-state index contributed by atoms with van der Waals surface area (Å²) in [5.41, 5.74) is 0.879. The van der Waals surface area contributed by atoms with Crippen LogP contribution in [0, 0.1) is 12.8 Å². The minimum Gasteiger partial charge on any atom is -0.449 e. The molecule has 0 aliphatic carbocycles. The summed E-state index contributed by atoms with van der Waals surface area (Å²) in [7, 11) is 0. The van der Waals surface area contributed by atoms with Crippen molar-refractivity contribution in [1.82, 2.24) is 10.3 Å². The van der Waals surface area contributed by atoms with Crippen molar-refractivity contribution in [2.24, 2.45) is 5.92 Å². The highest BCUT2D eigenvalue weighted by atomic mass is 16.5. The Hall–Kier alpha value is -0.870. The van der Waals surface area contributed by atoms with Gasteiger partial charge in [-0.3, -0.25) is 0 Å². The van der Waals surface area contributed by atoms with E-state index in [1.165, 1.54) is 0 Å². The fraction of sp³-hybridized carbons (Fsp3) is 0.667. The topological polar surface area (TPSA) is 47.3 Å². The molecule has 13 heavy (non-hydrogen) atoms. The fourth-order valence-electron chi connectivity index (χ4n) is 1.27. The maximum atomic E-state index is 5.47. The molecule has 1 N–H and O–H groups in total. The lowest BCUT2D eigenvalue weighted by Gasteiger charge is -2.26. The van der Waals surface area contributed by atoms with E-state index in [1.54, 1.807) is 6.26 Å². The van der Waals surface area contributed by atoms with Crippen molar-refractivity contribution in [3.8, 4) is 0 Å². The first kappa shape index (κ1) is 8.72. The number of rotatable bonds is 4. The van der Waals surface area contributed by atoms with Crippen LogP contribution < -0.4 is 5.32 Å². The van der Waals surface area contributed by atoms with Crippen LogP contribution in [0.3, 0.4) is 0 Å². The van der Waals surface area contributed by atoms with Crippen LogP contribution in [-0.2, 0) is 11.3 Å². The van der Waals surface area contributed by atoms with E-state index in [1.807, 2.05) is 6.92 Å². The summed E-state index contributed by atoms with van der Waals surface area (Å²) in [4.78, 5) is 4.14. The van der Waals surface area contributed by atoms with Crippen molar-refractivity contribution >= 4 is 0 Å². The van der Waals surface area contributed by atoms with Crippen LogP contribution in [0.5, 0.6) is 0 Å². The first-order valence-corrected chi connectivity index (χ1v) is 4.54. The highest BCUT2D eigenvalue weighted by molar-refractivity contribution is 4.93. The van der Waals surface area contributed by atoms with Crippen LogP contribution in [0.2, 0.25) is 0 Å². The second kappa shape index (κ2) is 3.89. The van der Waals surface area contributed by atoms with E-state index in [0.29, 0.717) is 18.4 Å². The van der Waals surface area contributed by atoms with Crippen molar-refractivity contribution in [3.05, 3.63) is 17.8 Å². The lowest BCUT2D eigenvalue weighted by molar-refractivity contribution is 0.0670. The zero-order valence-corrected chi connectivity index (χ0v) is 7.75. The van der Waals surface area contributed by atoms with Gasteiger partial charge in [0.15, 0.2) is 5.89 Å². The normalized spacial score (nSPS) is 17.3. The van der Waals surface area contributed by atoms with Gasteiger partial charge in [0, 0.05) is 25.9 Å². The highest BCUT2D eigenvalue weighted by Crippen LogP contribution is 2.06. The fourth-order valence-corrected chi connectivity index (χ4v) is 1.27. The van der Waals surface area contributed by atoms with Crippen LogP contribution in [-0.4, -0.2) is 24.7 Å². The Bertz CT molecular complexity index is 268. The molecule has 1 aliphatic heterocycles. The van der Waals surface area contributed by atoms with Crippen molar-refractivity contribution in [3.63, 3.8) is 0 Å². The molecule has 4 heteroatoms. The van der Waals surface area contributed by atoms with Crippen LogP contribution in [0.4, 0.5) is 0 Å². The molecule has 1 fully saturated rings. The lowest BCUT2D eigenvalue weighted by Crippen LogP contribution is -2.44. The van der Waals surface area contributed by atoms with E-state index in [0.717, 1.165) is 25.4 Å².